The van der Waals surface area contributed by atoms with E-state index in [2.05, 4.69) is 60.3 Å². The van der Waals surface area contributed by atoms with Gasteiger partial charge in [-0.1, -0.05) is 29.8 Å². The summed E-state index contributed by atoms with van der Waals surface area (Å²) in [5, 5.41) is 3.44. The van der Waals surface area contributed by atoms with Crippen molar-refractivity contribution in [3.05, 3.63) is 35.4 Å². The number of nitrogens with zero attached hydrogens (tertiary/aromatic N) is 3. The van der Waals surface area contributed by atoms with Gasteiger partial charge in [0.2, 0.25) is 0 Å². The van der Waals surface area contributed by atoms with Crippen molar-refractivity contribution in [1.82, 2.24) is 15.1 Å². The van der Waals surface area contributed by atoms with Crippen LogP contribution in [0.2, 0.25) is 0 Å². The number of halogens is 1. The Balaban J connectivity index is 0.00000364. The van der Waals surface area contributed by atoms with Crippen molar-refractivity contribution < 1.29 is 4.74 Å². The lowest BCUT2D eigenvalue weighted by Gasteiger charge is -2.31. The third kappa shape index (κ3) is 8.79. The number of rotatable bonds is 8. The molecule has 1 aromatic rings. The number of methoxy groups -OCH3 is 1. The van der Waals surface area contributed by atoms with Crippen molar-refractivity contribution >= 4 is 29.9 Å². The van der Waals surface area contributed by atoms with E-state index in [-0.39, 0.29) is 24.0 Å². The van der Waals surface area contributed by atoms with Crippen LogP contribution in [0.1, 0.15) is 30.9 Å². The molecule has 0 unspecified atom stereocenters. The molecule has 0 saturated carbocycles. The lowest BCUT2D eigenvalue weighted by Crippen LogP contribution is -2.40. The Morgan fingerprint density at radius 3 is 2.52 bits per heavy atom. The molecule has 154 valence electrons. The molecule has 0 aliphatic carbocycles. The first-order chi connectivity index (χ1) is 12.6. The summed E-state index contributed by atoms with van der Waals surface area (Å²) in [6, 6.07) is 8.74. The van der Waals surface area contributed by atoms with E-state index in [1.165, 1.54) is 37.1 Å². The van der Waals surface area contributed by atoms with E-state index in [9.17, 15) is 0 Å². The molecule has 0 amide bonds. The number of hydrogen-bond acceptors (Lipinski definition) is 3. The third-order valence-electron chi connectivity index (χ3n) is 5.05. The highest BCUT2D eigenvalue weighted by Gasteiger charge is 2.19. The van der Waals surface area contributed by atoms with Crippen molar-refractivity contribution in [2.24, 2.45) is 10.9 Å². The molecule has 2 rings (SSSR count). The Hall–Kier alpha value is -0.860. The highest BCUT2D eigenvalue weighted by molar-refractivity contribution is 14.0. The molecule has 1 saturated heterocycles. The maximum atomic E-state index is 5.18. The van der Waals surface area contributed by atoms with Gasteiger partial charge in [0.05, 0.1) is 6.61 Å². The summed E-state index contributed by atoms with van der Waals surface area (Å²) in [5.41, 5.74) is 2.61. The molecule has 5 nitrogen and oxygen atoms in total. The molecular weight excluding hydrogens is 451 g/mol. The van der Waals surface area contributed by atoms with Crippen LogP contribution in [0.25, 0.3) is 0 Å². The van der Waals surface area contributed by atoms with E-state index < -0.39 is 0 Å². The maximum absolute atomic E-state index is 5.18. The van der Waals surface area contributed by atoms with Crippen LogP contribution in [0, 0.1) is 12.8 Å². The first kappa shape index (κ1) is 24.2. The molecule has 1 aromatic carbocycles. The highest BCUT2D eigenvalue weighted by atomic mass is 127. The van der Waals surface area contributed by atoms with Crippen molar-refractivity contribution in [1.29, 1.82) is 0 Å². The van der Waals surface area contributed by atoms with Gasteiger partial charge in [0.25, 0.3) is 0 Å². The second kappa shape index (κ2) is 13.3. The molecule has 1 aliphatic heterocycles. The monoisotopic (exact) mass is 488 g/mol. The van der Waals surface area contributed by atoms with Crippen LogP contribution >= 0.6 is 24.0 Å². The van der Waals surface area contributed by atoms with E-state index in [0.29, 0.717) is 5.92 Å². The second-order valence-electron chi connectivity index (χ2n) is 7.31. The van der Waals surface area contributed by atoms with Gasteiger partial charge in [0, 0.05) is 40.3 Å². The minimum absolute atomic E-state index is 0. The normalized spacial score (nSPS) is 16.1. The summed E-state index contributed by atoms with van der Waals surface area (Å²) in [4.78, 5) is 9.65. The molecule has 1 heterocycles. The Morgan fingerprint density at radius 1 is 1.26 bits per heavy atom. The predicted octanol–water partition coefficient (Wildman–Crippen LogP) is 3.37. The first-order valence-corrected chi connectivity index (χ1v) is 9.88. The topological polar surface area (TPSA) is 40.1 Å². The van der Waals surface area contributed by atoms with Gasteiger partial charge in [-0.2, -0.15) is 0 Å². The number of ether oxygens (including phenoxy) is 1. The van der Waals surface area contributed by atoms with E-state index >= 15 is 0 Å². The van der Waals surface area contributed by atoms with Crippen LogP contribution in [0.4, 0.5) is 0 Å². The third-order valence-corrected chi connectivity index (χ3v) is 5.05. The number of likely N-dealkylation sites (tertiary alicyclic amines) is 1. The molecule has 1 aliphatic rings. The summed E-state index contributed by atoms with van der Waals surface area (Å²) in [5.74, 6) is 1.70. The first-order valence-electron chi connectivity index (χ1n) is 9.88. The summed E-state index contributed by atoms with van der Waals surface area (Å²) in [7, 11) is 3.89. The molecule has 1 N–H and O–H groups in total. The Bertz CT molecular complexity index is 542. The quantitative estimate of drug-likeness (QED) is 0.346. The van der Waals surface area contributed by atoms with Crippen LogP contribution in [0.3, 0.4) is 0 Å². The average molecular weight is 488 g/mol. The number of aryl methyl sites for hydroxylation is 1. The zero-order valence-electron chi connectivity index (χ0n) is 17.4. The van der Waals surface area contributed by atoms with E-state index in [4.69, 9.17) is 9.73 Å². The molecule has 1 fully saturated rings. The smallest absolute Gasteiger partial charge is 0.193 e. The Morgan fingerprint density at radius 2 is 1.93 bits per heavy atom. The molecule has 0 aromatic heterocycles. The fourth-order valence-electron chi connectivity index (χ4n) is 3.34. The zero-order valence-corrected chi connectivity index (χ0v) is 19.7. The van der Waals surface area contributed by atoms with Crippen LogP contribution in [-0.4, -0.2) is 69.2 Å². The SMILES string of the molecule is CCNC(=NCC1CCN(CCOC)CC1)N(C)Cc1ccc(C)cc1.I. The highest BCUT2D eigenvalue weighted by Crippen LogP contribution is 2.17. The van der Waals surface area contributed by atoms with Gasteiger partial charge in [-0.05, 0) is 51.3 Å². The Labute approximate surface area is 182 Å². The number of piperidine rings is 1. The lowest BCUT2D eigenvalue weighted by atomic mass is 9.97. The van der Waals surface area contributed by atoms with Crippen LogP contribution in [-0.2, 0) is 11.3 Å². The lowest BCUT2D eigenvalue weighted by molar-refractivity contribution is 0.121. The zero-order chi connectivity index (χ0) is 18.8. The van der Waals surface area contributed by atoms with Gasteiger partial charge in [0.15, 0.2) is 5.96 Å². The van der Waals surface area contributed by atoms with Gasteiger partial charge in [-0.3, -0.25) is 4.99 Å². The number of nitrogens with one attached hydrogen (secondary N) is 1. The molecular formula is C21H37IN4O. The second-order valence-corrected chi connectivity index (χ2v) is 7.31. The Kier molecular flexibility index (Phi) is 11.9. The van der Waals surface area contributed by atoms with Crippen molar-refractivity contribution in [3.63, 3.8) is 0 Å². The summed E-state index contributed by atoms with van der Waals surface area (Å²) < 4.78 is 5.18. The molecule has 0 bridgehead atoms. The molecule has 0 atom stereocenters. The van der Waals surface area contributed by atoms with Gasteiger partial charge in [-0.15, -0.1) is 24.0 Å². The fraction of sp³-hybridized carbons (Fsp3) is 0.667. The summed E-state index contributed by atoms with van der Waals surface area (Å²) in [6.45, 7) is 11.2. The van der Waals surface area contributed by atoms with Crippen molar-refractivity contribution in [3.8, 4) is 0 Å². The van der Waals surface area contributed by atoms with Crippen LogP contribution in [0.5, 0.6) is 0 Å². The number of aliphatic imine (C=N–C) groups is 1. The predicted molar refractivity (Wildman–Crippen MR) is 125 cm³/mol. The standard InChI is InChI=1S/C21H36N4O.HI/c1-5-22-21(24(3)17-20-8-6-18(2)7-9-20)23-16-19-10-12-25(13-11-19)14-15-26-4;/h6-9,19H,5,10-17H2,1-4H3,(H,22,23);1H. The number of guanidine groups is 1. The maximum Gasteiger partial charge on any atom is 0.193 e. The van der Waals surface area contributed by atoms with Gasteiger partial charge >= 0.3 is 0 Å². The van der Waals surface area contributed by atoms with Crippen LogP contribution < -0.4 is 5.32 Å². The summed E-state index contributed by atoms with van der Waals surface area (Å²) >= 11 is 0. The largest absolute Gasteiger partial charge is 0.383 e. The van der Waals surface area contributed by atoms with E-state index in [1.54, 1.807) is 7.11 Å². The minimum atomic E-state index is 0. The van der Waals surface area contributed by atoms with Gasteiger partial charge < -0.3 is 19.9 Å². The van der Waals surface area contributed by atoms with Crippen molar-refractivity contribution in [2.45, 2.75) is 33.2 Å². The molecule has 0 radical (unpaired) electrons. The van der Waals surface area contributed by atoms with E-state index in [0.717, 1.165) is 38.7 Å². The number of hydrogen-bond donors (Lipinski definition) is 1. The van der Waals surface area contributed by atoms with E-state index in [1.807, 2.05) is 0 Å². The molecule has 0 spiro atoms. The van der Waals surface area contributed by atoms with Crippen molar-refractivity contribution in [2.75, 3.05) is 53.5 Å². The van der Waals surface area contributed by atoms with Crippen LogP contribution in [0.15, 0.2) is 29.3 Å². The number of benzene rings is 1. The molecule has 27 heavy (non-hydrogen) atoms. The minimum Gasteiger partial charge on any atom is -0.383 e. The van der Waals surface area contributed by atoms with Gasteiger partial charge in [0.1, 0.15) is 0 Å². The fourth-order valence-corrected chi connectivity index (χ4v) is 3.34. The van der Waals surface area contributed by atoms with Gasteiger partial charge in [-0.25, -0.2) is 0 Å². The summed E-state index contributed by atoms with van der Waals surface area (Å²) in [6.07, 6.45) is 2.46. The molecule has 6 heteroatoms. The average Bonchev–Trinajstić information content (AvgIpc) is 2.66.